The molecule has 0 fully saturated rings. The number of nitro groups is 2. The molecule has 0 spiro atoms. The lowest BCUT2D eigenvalue weighted by atomic mass is 10.2. The van der Waals surface area contributed by atoms with Crippen LogP contribution in [0.5, 0.6) is 11.5 Å². The van der Waals surface area contributed by atoms with Gasteiger partial charge in [0.1, 0.15) is 5.75 Å². The smallest absolute Gasteiger partial charge is 0.318 e. The highest BCUT2D eigenvalue weighted by molar-refractivity contribution is 5.94. The summed E-state index contributed by atoms with van der Waals surface area (Å²) >= 11 is 0. The molecule has 0 aliphatic carbocycles. The highest BCUT2D eigenvalue weighted by atomic mass is 16.6. The Kier molecular flexibility index (Phi) is 6.03. The third-order valence-electron chi connectivity index (χ3n) is 3.76. The van der Waals surface area contributed by atoms with E-state index >= 15 is 0 Å². The highest BCUT2D eigenvalue weighted by Gasteiger charge is 2.21. The number of aromatic nitrogens is 1. The van der Waals surface area contributed by atoms with Crippen molar-refractivity contribution in [3.8, 4) is 11.5 Å². The molecular weight excluding hydrogens is 394 g/mol. The van der Waals surface area contributed by atoms with Gasteiger partial charge in [0.05, 0.1) is 22.1 Å². The minimum Gasteiger partial charge on any atom is -0.450 e. The zero-order valence-electron chi connectivity index (χ0n) is 15.2. The van der Waals surface area contributed by atoms with Crippen molar-refractivity contribution in [3.05, 3.63) is 98.3 Å². The van der Waals surface area contributed by atoms with E-state index in [1.807, 2.05) is 0 Å². The Labute approximate surface area is 168 Å². The van der Waals surface area contributed by atoms with Crippen LogP contribution in [-0.2, 0) is 0 Å². The van der Waals surface area contributed by atoms with Gasteiger partial charge in [0.2, 0.25) is 5.75 Å². The van der Waals surface area contributed by atoms with Crippen LogP contribution in [0.3, 0.4) is 0 Å². The summed E-state index contributed by atoms with van der Waals surface area (Å²) in [6.45, 7) is 0. The Hall–Kier alpha value is -4.67. The Morgan fingerprint density at radius 2 is 1.80 bits per heavy atom. The second-order valence-corrected chi connectivity index (χ2v) is 5.78. The summed E-state index contributed by atoms with van der Waals surface area (Å²) in [6, 6.07) is 12.6. The zero-order chi connectivity index (χ0) is 21.5. The second kappa shape index (κ2) is 9.01. The number of hydrazone groups is 1. The van der Waals surface area contributed by atoms with Crippen molar-refractivity contribution >= 4 is 23.5 Å². The Bertz CT molecular complexity index is 1130. The molecule has 1 amide bonds. The maximum atomic E-state index is 11.9. The lowest BCUT2D eigenvalue weighted by molar-refractivity contribution is -0.394. The predicted molar refractivity (Wildman–Crippen MR) is 106 cm³/mol. The number of non-ortho nitro benzene ring substituents is 1. The van der Waals surface area contributed by atoms with E-state index in [4.69, 9.17) is 4.74 Å². The fraction of sp³-hybridized carbons (Fsp3) is 0. The van der Waals surface area contributed by atoms with Gasteiger partial charge in [0.15, 0.2) is 0 Å². The van der Waals surface area contributed by atoms with Gasteiger partial charge < -0.3 is 4.74 Å². The van der Waals surface area contributed by atoms with Gasteiger partial charge in [-0.1, -0.05) is 12.1 Å². The van der Waals surface area contributed by atoms with Gasteiger partial charge in [-0.3, -0.25) is 30.0 Å². The summed E-state index contributed by atoms with van der Waals surface area (Å²) in [5.74, 6) is -0.315. The maximum Gasteiger partial charge on any atom is 0.318 e. The molecule has 1 heterocycles. The van der Waals surface area contributed by atoms with E-state index in [2.05, 4.69) is 15.5 Å². The first-order chi connectivity index (χ1) is 14.4. The Morgan fingerprint density at radius 3 is 2.50 bits per heavy atom. The molecule has 2 aromatic carbocycles. The SMILES string of the molecule is O=C(N/N=C/c1cccc(Oc2ccc([N+](=O)[O-])cc2[N+](=O)[O-])c1)c1ccncc1. The summed E-state index contributed by atoms with van der Waals surface area (Å²) in [7, 11) is 0. The molecule has 3 aromatic rings. The van der Waals surface area contributed by atoms with Gasteiger partial charge in [0, 0.05) is 24.0 Å². The van der Waals surface area contributed by atoms with Crippen LogP contribution in [0, 0.1) is 20.2 Å². The number of amides is 1. The number of hydrogen-bond donors (Lipinski definition) is 1. The number of rotatable bonds is 7. The quantitative estimate of drug-likeness (QED) is 0.358. The number of benzene rings is 2. The summed E-state index contributed by atoms with van der Waals surface area (Å²) in [5, 5.41) is 25.9. The van der Waals surface area contributed by atoms with Crippen molar-refractivity contribution in [1.29, 1.82) is 0 Å². The minimum absolute atomic E-state index is 0.148. The lowest BCUT2D eigenvalue weighted by Crippen LogP contribution is -2.17. The minimum atomic E-state index is -0.762. The Balaban J connectivity index is 1.74. The first kappa shape index (κ1) is 20.1. The van der Waals surface area contributed by atoms with Gasteiger partial charge in [0.25, 0.3) is 11.6 Å². The summed E-state index contributed by atoms with van der Waals surface area (Å²) < 4.78 is 5.52. The highest BCUT2D eigenvalue weighted by Crippen LogP contribution is 2.34. The zero-order valence-corrected chi connectivity index (χ0v) is 15.2. The van der Waals surface area contributed by atoms with E-state index in [0.717, 1.165) is 18.2 Å². The van der Waals surface area contributed by atoms with Crippen LogP contribution >= 0.6 is 0 Å². The molecule has 0 radical (unpaired) electrons. The van der Waals surface area contributed by atoms with Crippen molar-refractivity contribution in [2.75, 3.05) is 0 Å². The molecule has 0 bridgehead atoms. The number of nitrogens with zero attached hydrogens (tertiary/aromatic N) is 4. The fourth-order valence-electron chi connectivity index (χ4n) is 2.37. The molecule has 150 valence electrons. The molecule has 3 rings (SSSR count). The summed E-state index contributed by atoms with van der Waals surface area (Å²) in [5.41, 5.74) is 2.36. The van der Waals surface area contributed by atoms with Crippen LogP contribution < -0.4 is 10.2 Å². The van der Waals surface area contributed by atoms with E-state index in [1.165, 1.54) is 36.8 Å². The van der Waals surface area contributed by atoms with Gasteiger partial charge in [-0.2, -0.15) is 5.10 Å². The number of hydrogen-bond acceptors (Lipinski definition) is 8. The summed E-state index contributed by atoms with van der Waals surface area (Å²) in [6.07, 6.45) is 4.34. The van der Waals surface area contributed by atoms with Crippen molar-refractivity contribution < 1.29 is 19.4 Å². The molecule has 0 atom stereocenters. The number of pyridine rings is 1. The summed E-state index contributed by atoms with van der Waals surface area (Å²) in [4.78, 5) is 36.3. The normalized spacial score (nSPS) is 10.5. The van der Waals surface area contributed by atoms with E-state index < -0.39 is 27.1 Å². The standard InChI is InChI=1S/C19H13N5O6/c25-19(14-6-8-20-9-7-14)22-21-12-13-2-1-3-16(10-13)30-18-5-4-15(23(26)27)11-17(18)24(28)29/h1-12H,(H,22,25)/b21-12+. The molecule has 0 aliphatic heterocycles. The number of ether oxygens (including phenoxy) is 1. The van der Waals surface area contributed by atoms with E-state index in [9.17, 15) is 25.0 Å². The van der Waals surface area contributed by atoms with Crippen LogP contribution in [0.4, 0.5) is 11.4 Å². The topological polar surface area (TPSA) is 150 Å². The van der Waals surface area contributed by atoms with Gasteiger partial charge >= 0.3 is 5.69 Å². The van der Waals surface area contributed by atoms with Crippen molar-refractivity contribution in [3.63, 3.8) is 0 Å². The average Bonchev–Trinajstić information content (AvgIpc) is 2.74. The van der Waals surface area contributed by atoms with E-state index in [0.29, 0.717) is 11.1 Å². The van der Waals surface area contributed by atoms with Crippen LogP contribution in [0.1, 0.15) is 15.9 Å². The third kappa shape index (κ3) is 4.98. The van der Waals surface area contributed by atoms with Crippen molar-refractivity contribution in [1.82, 2.24) is 10.4 Å². The van der Waals surface area contributed by atoms with Gasteiger partial charge in [-0.05, 0) is 35.9 Å². The number of nitro benzene ring substituents is 2. The molecule has 0 saturated carbocycles. The molecule has 11 heteroatoms. The van der Waals surface area contributed by atoms with Gasteiger partial charge in [-0.25, -0.2) is 5.43 Å². The van der Waals surface area contributed by atoms with Gasteiger partial charge in [-0.15, -0.1) is 0 Å². The van der Waals surface area contributed by atoms with E-state index in [-0.39, 0.29) is 11.5 Å². The second-order valence-electron chi connectivity index (χ2n) is 5.78. The van der Waals surface area contributed by atoms with Crippen LogP contribution in [0.25, 0.3) is 0 Å². The molecular formula is C19H13N5O6. The Morgan fingerprint density at radius 1 is 1.03 bits per heavy atom. The average molecular weight is 407 g/mol. The monoisotopic (exact) mass is 407 g/mol. The van der Waals surface area contributed by atoms with Crippen LogP contribution in [-0.4, -0.2) is 27.0 Å². The first-order valence-electron chi connectivity index (χ1n) is 8.38. The van der Waals surface area contributed by atoms with Crippen molar-refractivity contribution in [2.45, 2.75) is 0 Å². The molecule has 1 aromatic heterocycles. The maximum absolute atomic E-state index is 11.9. The van der Waals surface area contributed by atoms with Crippen LogP contribution in [0.2, 0.25) is 0 Å². The fourth-order valence-corrected chi connectivity index (χ4v) is 2.37. The molecule has 11 nitrogen and oxygen atoms in total. The first-order valence-corrected chi connectivity index (χ1v) is 8.38. The lowest BCUT2D eigenvalue weighted by Gasteiger charge is -2.07. The predicted octanol–water partition coefficient (Wildman–Crippen LogP) is 3.45. The molecule has 30 heavy (non-hydrogen) atoms. The van der Waals surface area contributed by atoms with E-state index in [1.54, 1.807) is 18.2 Å². The molecule has 1 N–H and O–H groups in total. The third-order valence-corrected chi connectivity index (χ3v) is 3.76. The van der Waals surface area contributed by atoms with Crippen molar-refractivity contribution in [2.24, 2.45) is 5.10 Å². The number of carbonyl (C=O) groups is 1. The number of carbonyl (C=O) groups excluding carboxylic acids is 1. The molecule has 0 unspecified atom stereocenters. The largest absolute Gasteiger partial charge is 0.450 e. The number of nitrogens with one attached hydrogen (secondary N) is 1. The molecule has 0 aliphatic rings. The van der Waals surface area contributed by atoms with Crippen LogP contribution in [0.15, 0.2) is 72.1 Å². The molecule has 0 saturated heterocycles.